The van der Waals surface area contributed by atoms with Gasteiger partial charge in [0.1, 0.15) is 0 Å². The summed E-state index contributed by atoms with van der Waals surface area (Å²) < 4.78 is 12.3. The molecule has 0 saturated heterocycles. The first-order chi connectivity index (χ1) is 12.5. The molecule has 0 unspecified atom stereocenters. The van der Waals surface area contributed by atoms with Gasteiger partial charge >= 0.3 is 0 Å². The van der Waals surface area contributed by atoms with Crippen molar-refractivity contribution < 1.29 is 14.3 Å². The van der Waals surface area contributed by atoms with Crippen LogP contribution in [-0.4, -0.2) is 38.0 Å². The first-order valence-electron chi connectivity index (χ1n) is 7.80. The first kappa shape index (κ1) is 16.5. The van der Waals surface area contributed by atoms with E-state index >= 15 is 0 Å². The van der Waals surface area contributed by atoms with Crippen LogP contribution in [0.15, 0.2) is 28.2 Å². The summed E-state index contributed by atoms with van der Waals surface area (Å²) in [7, 11) is 0. The molecule has 0 fully saturated rings. The molecule has 26 heavy (non-hydrogen) atoms. The largest absolute Gasteiger partial charge is 0.454 e. The molecule has 0 bridgehead atoms. The minimum atomic E-state index is -0.195. The highest BCUT2D eigenvalue weighted by Gasteiger charge is 2.16. The summed E-state index contributed by atoms with van der Waals surface area (Å²) in [6.07, 6.45) is 0. The molecule has 3 heterocycles. The van der Waals surface area contributed by atoms with E-state index in [0.29, 0.717) is 33.7 Å². The van der Waals surface area contributed by atoms with Crippen molar-refractivity contribution in [3.8, 4) is 11.5 Å². The maximum absolute atomic E-state index is 12.2. The highest BCUT2D eigenvalue weighted by Crippen LogP contribution is 2.34. The van der Waals surface area contributed by atoms with E-state index in [1.165, 1.54) is 11.8 Å². The Morgan fingerprint density at radius 1 is 1.31 bits per heavy atom. The summed E-state index contributed by atoms with van der Waals surface area (Å²) in [4.78, 5) is 26.7. The molecule has 134 valence electrons. The number of benzene rings is 1. The number of amides is 1. The Morgan fingerprint density at radius 2 is 2.12 bits per heavy atom. The van der Waals surface area contributed by atoms with E-state index in [1.54, 1.807) is 29.5 Å². The van der Waals surface area contributed by atoms with E-state index in [0.717, 1.165) is 5.69 Å². The number of hydrogen-bond donors (Lipinski definition) is 2. The molecule has 9 nitrogen and oxygen atoms in total. The van der Waals surface area contributed by atoms with Gasteiger partial charge in [0.15, 0.2) is 16.7 Å². The van der Waals surface area contributed by atoms with Crippen molar-refractivity contribution in [3.63, 3.8) is 0 Å². The quantitative estimate of drug-likeness (QED) is 0.667. The molecule has 1 aliphatic heterocycles. The van der Waals surface area contributed by atoms with Gasteiger partial charge in [0, 0.05) is 23.0 Å². The highest BCUT2D eigenvalue weighted by molar-refractivity contribution is 7.99. The van der Waals surface area contributed by atoms with Gasteiger partial charge in [0.05, 0.1) is 5.75 Å². The van der Waals surface area contributed by atoms with Crippen molar-refractivity contribution in [1.82, 2.24) is 19.6 Å². The number of aromatic nitrogens is 4. The Labute approximate surface area is 151 Å². The lowest BCUT2D eigenvalue weighted by molar-refractivity contribution is -0.113. The Morgan fingerprint density at radius 3 is 2.96 bits per heavy atom. The van der Waals surface area contributed by atoms with Gasteiger partial charge in [0.25, 0.3) is 5.56 Å². The van der Waals surface area contributed by atoms with Gasteiger partial charge in [-0.3, -0.25) is 19.0 Å². The number of H-pyrrole nitrogens is 1. The maximum Gasteiger partial charge on any atom is 0.255 e. The van der Waals surface area contributed by atoms with Gasteiger partial charge in [-0.05, 0) is 26.0 Å². The minimum absolute atomic E-state index is 0.146. The third-order valence-electron chi connectivity index (χ3n) is 4.07. The number of fused-ring (bicyclic) bond motifs is 2. The van der Waals surface area contributed by atoms with Crippen LogP contribution in [0.4, 0.5) is 5.69 Å². The summed E-state index contributed by atoms with van der Waals surface area (Å²) in [5, 5.41) is 11.4. The highest BCUT2D eigenvalue weighted by atomic mass is 32.2. The molecule has 2 N–H and O–H groups in total. The zero-order valence-corrected chi connectivity index (χ0v) is 14.8. The van der Waals surface area contributed by atoms with Crippen LogP contribution < -0.4 is 20.3 Å². The van der Waals surface area contributed by atoms with E-state index < -0.39 is 0 Å². The van der Waals surface area contributed by atoms with Crippen LogP contribution in [0.25, 0.3) is 5.78 Å². The molecule has 0 aliphatic carbocycles. The number of aromatic amines is 1. The SMILES string of the molecule is Cc1c(C)n2c(SCC(=O)Nc3ccc4c(c3)OCO4)nnc2[nH]c1=O. The summed E-state index contributed by atoms with van der Waals surface area (Å²) >= 11 is 1.24. The molecule has 1 aromatic carbocycles. The lowest BCUT2D eigenvalue weighted by Gasteiger charge is -2.07. The standard InChI is InChI=1S/C16H15N5O4S/c1-8-9(2)21-15(18-14(8)23)19-20-16(21)26-6-13(22)17-10-3-4-11-12(5-10)25-7-24-11/h3-5H,6-7H2,1-2H3,(H,17,22)(H,18,19,23). The summed E-state index contributed by atoms with van der Waals surface area (Å²) in [5.74, 6) is 1.58. The second-order valence-corrected chi connectivity index (χ2v) is 6.65. The zero-order valence-electron chi connectivity index (χ0n) is 14.0. The van der Waals surface area contributed by atoms with Gasteiger partial charge < -0.3 is 14.8 Å². The monoisotopic (exact) mass is 373 g/mol. The molecule has 0 saturated carbocycles. The number of carbonyl (C=O) groups excluding carboxylic acids is 1. The van der Waals surface area contributed by atoms with Crippen molar-refractivity contribution >= 4 is 29.1 Å². The number of anilines is 1. The van der Waals surface area contributed by atoms with Gasteiger partial charge in [-0.25, -0.2) is 0 Å². The molecule has 1 amide bonds. The fourth-order valence-corrected chi connectivity index (χ4v) is 3.36. The zero-order chi connectivity index (χ0) is 18.3. The number of carbonyl (C=O) groups is 1. The van der Waals surface area contributed by atoms with Crippen molar-refractivity contribution in [2.45, 2.75) is 19.0 Å². The molecule has 2 aromatic heterocycles. The Balaban J connectivity index is 1.47. The molecule has 3 aromatic rings. The fourth-order valence-electron chi connectivity index (χ4n) is 2.58. The van der Waals surface area contributed by atoms with Crippen LogP contribution in [0, 0.1) is 13.8 Å². The summed E-state index contributed by atoms with van der Waals surface area (Å²) in [6, 6.07) is 5.22. The van der Waals surface area contributed by atoms with Gasteiger partial charge in [0.2, 0.25) is 18.5 Å². The maximum atomic E-state index is 12.2. The first-order valence-corrected chi connectivity index (χ1v) is 8.78. The number of aryl methyl sites for hydroxylation is 1. The second kappa shape index (κ2) is 6.37. The van der Waals surface area contributed by atoms with Crippen LogP contribution in [0.2, 0.25) is 0 Å². The predicted molar refractivity (Wildman–Crippen MR) is 95.0 cm³/mol. The van der Waals surface area contributed by atoms with E-state index in [1.807, 2.05) is 6.92 Å². The van der Waals surface area contributed by atoms with Gasteiger partial charge in [-0.1, -0.05) is 11.8 Å². The number of nitrogens with one attached hydrogen (secondary N) is 2. The third kappa shape index (κ3) is 2.88. The topological polar surface area (TPSA) is 111 Å². The average molecular weight is 373 g/mol. The Bertz CT molecular complexity index is 1070. The van der Waals surface area contributed by atoms with Gasteiger partial charge in [-0.2, -0.15) is 0 Å². The molecule has 0 atom stereocenters. The molecule has 4 rings (SSSR count). The van der Waals surface area contributed by atoms with Crippen LogP contribution >= 0.6 is 11.8 Å². The molecule has 1 aliphatic rings. The lowest BCUT2D eigenvalue weighted by Crippen LogP contribution is -2.16. The van der Waals surface area contributed by atoms with Crippen LogP contribution in [0.3, 0.4) is 0 Å². The van der Waals surface area contributed by atoms with Crippen molar-refractivity contribution in [1.29, 1.82) is 0 Å². The normalized spacial score (nSPS) is 12.5. The van der Waals surface area contributed by atoms with E-state index in [2.05, 4.69) is 20.5 Å². The third-order valence-corrected chi connectivity index (χ3v) is 5.00. The number of hydrogen-bond acceptors (Lipinski definition) is 7. The van der Waals surface area contributed by atoms with Crippen LogP contribution in [-0.2, 0) is 4.79 Å². The van der Waals surface area contributed by atoms with Crippen molar-refractivity contribution in [2.75, 3.05) is 17.9 Å². The molecular formula is C16H15N5O4S. The number of ether oxygens (including phenoxy) is 2. The van der Waals surface area contributed by atoms with Crippen molar-refractivity contribution in [3.05, 3.63) is 39.8 Å². The smallest absolute Gasteiger partial charge is 0.255 e. The van der Waals surface area contributed by atoms with Gasteiger partial charge in [-0.15, -0.1) is 10.2 Å². The van der Waals surface area contributed by atoms with E-state index in [4.69, 9.17) is 9.47 Å². The molecule has 10 heteroatoms. The average Bonchev–Trinajstić information content (AvgIpc) is 3.24. The predicted octanol–water partition coefficient (Wildman–Crippen LogP) is 1.49. The van der Waals surface area contributed by atoms with Crippen LogP contribution in [0.1, 0.15) is 11.3 Å². The lowest BCUT2D eigenvalue weighted by atomic mass is 10.3. The Kier molecular flexibility index (Phi) is 4.03. The fraction of sp³-hybridized carbons (Fsp3) is 0.250. The molecule has 0 spiro atoms. The number of rotatable bonds is 4. The summed E-state index contributed by atoms with van der Waals surface area (Å²) in [5.41, 5.74) is 1.76. The minimum Gasteiger partial charge on any atom is -0.454 e. The number of thioether (sulfide) groups is 1. The van der Waals surface area contributed by atoms with E-state index in [9.17, 15) is 9.59 Å². The van der Waals surface area contributed by atoms with Crippen molar-refractivity contribution in [2.24, 2.45) is 0 Å². The second-order valence-electron chi connectivity index (χ2n) is 5.71. The Hall–Kier alpha value is -3.01. The van der Waals surface area contributed by atoms with E-state index in [-0.39, 0.29) is 24.0 Å². The molecule has 0 radical (unpaired) electrons. The summed E-state index contributed by atoms with van der Waals surface area (Å²) in [6.45, 7) is 3.73. The van der Waals surface area contributed by atoms with Crippen LogP contribution in [0.5, 0.6) is 11.5 Å². The number of nitrogens with zero attached hydrogens (tertiary/aromatic N) is 3. The molecular weight excluding hydrogens is 358 g/mol.